The third kappa shape index (κ3) is 3.85. The number of anilines is 1. The molecule has 1 saturated heterocycles. The van der Waals surface area contributed by atoms with Crippen LogP contribution in [0.1, 0.15) is 22.7 Å². The number of nitrogens with zero attached hydrogens (tertiary/aromatic N) is 1. The molecule has 1 atom stereocenters. The van der Waals surface area contributed by atoms with E-state index < -0.39 is 40.8 Å². The van der Waals surface area contributed by atoms with Crippen molar-refractivity contribution in [3.63, 3.8) is 0 Å². The molecule has 0 aliphatic carbocycles. The summed E-state index contributed by atoms with van der Waals surface area (Å²) in [6.45, 7) is 1.73. The van der Waals surface area contributed by atoms with Crippen LogP contribution in [0.25, 0.3) is 5.76 Å². The summed E-state index contributed by atoms with van der Waals surface area (Å²) in [5, 5.41) is 11.5. The lowest BCUT2D eigenvalue weighted by Crippen LogP contribution is -2.30. The summed E-state index contributed by atoms with van der Waals surface area (Å²) in [4.78, 5) is 27.1. The van der Waals surface area contributed by atoms with Crippen molar-refractivity contribution in [2.75, 3.05) is 12.0 Å². The molecule has 3 aromatic rings. The van der Waals surface area contributed by atoms with Crippen LogP contribution < -0.4 is 9.64 Å². The van der Waals surface area contributed by atoms with E-state index in [0.29, 0.717) is 11.1 Å². The Balaban J connectivity index is 2.03. The minimum atomic E-state index is -1.22. The van der Waals surface area contributed by atoms with Crippen molar-refractivity contribution in [1.29, 1.82) is 0 Å². The molecular formula is C25H18ClF2NO4. The first-order chi connectivity index (χ1) is 15.7. The molecule has 0 saturated carbocycles. The predicted octanol–water partition coefficient (Wildman–Crippen LogP) is 5.56. The van der Waals surface area contributed by atoms with Crippen LogP contribution in [-0.4, -0.2) is 23.9 Å². The van der Waals surface area contributed by atoms with Crippen molar-refractivity contribution in [3.05, 3.63) is 99.6 Å². The maximum Gasteiger partial charge on any atom is 0.300 e. The standard InChI is InChI=1S/C25H18ClF2NO4/c1-13-10-16(24(33-2)17(26)11-13)22(30)20-21(14-6-4-3-5-7-14)29(25(32)23(20)31)19-12-15(27)8-9-18(19)28/h3-12,21,30H,1-2H3/b22-20+. The zero-order valence-electron chi connectivity index (χ0n) is 17.6. The zero-order chi connectivity index (χ0) is 23.9. The molecular weight excluding hydrogens is 452 g/mol. The van der Waals surface area contributed by atoms with Crippen molar-refractivity contribution in [2.45, 2.75) is 13.0 Å². The van der Waals surface area contributed by atoms with Crippen molar-refractivity contribution in [3.8, 4) is 5.75 Å². The van der Waals surface area contributed by atoms with Crippen LogP contribution >= 0.6 is 11.6 Å². The highest BCUT2D eigenvalue weighted by atomic mass is 35.5. The summed E-state index contributed by atoms with van der Waals surface area (Å²) in [5.74, 6) is -4.27. The molecule has 1 heterocycles. The number of amides is 1. The molecule has 1 fully saturated rings. The van der Waals surface area contributed by atoms with Gasteiger partial charge < -0.3 is 9.84 Å². The Kier molecular flexibility index (Phi) is 5.91. The molecule has 33 heavy (non-hydrogen) atoms. The Morgan fingerprint density at radius 1 is 1.06 bits per heavy atom. The number of aryl methyl sites for hydroxylation is 1. The van der Waals surface area contributed by atoms with E-state index in [0.717, 1.165) is 23.1 Å². The van der Waals surface area contributed by atoms with E-state index in [9.17, 15) is 23.5 Å². The monoisotopic (exact) mass is 469 g/mol. The van der Waals surface area contributed by atoms with Crippen LogP contribution in [0.3, 0.4) is 0 Å². The van der Waals surface area contributed by atoms with Gasteiger partial charge in [0.05, 0.1) is 35.0 Å². The summed E-state index contributed by atoms with van der Waals surface area (Å²) in [7, 11) is 1.35. The molecule has 1 aliphatic rings. The summed E-state index contributed by atoms with van der Waals surface area (Å²) >= 11 is 6.25. The van der Waals surface area contributed by atoms with Gasteiger partial charge >= 0.3 is 0 Å². The molecule has 0 radical (unpaired) electrons. The summed E-state index contributed by atoms with van der Waals surface area (Å²) in [6, 6.07) is 12.9. The SMILES string of the molecule is COc1c(Cl)cc(C)cc1/C(O)=C1\C(=O)C(=O)N(c2cc(F)ccc2F)C1c1ccccc1. The Bertz CT molecular complexity index is 1310. The fraction of sp³-hybridized carbons (Fsp3) is 0.120. The molecule has 168 valence electrons. The maximum absolute atomic E-state index is 14.7. The van der Waals surface area contributed by atoms with Crippen LogP contribution in [0.4, 0.5) is 14.5 Å². The third-order valence-electron chi connectivity index (χ3n) is 5.37. The lowest BCUT2D eigenvalue weighted by atomic mass is 9.94. The van der Waals surface area contributed by atoms with Gasteiger partial charge in [-0.05, 0) is 42.3 Å². The zero-order valence-corrected chi connectivity index (χ0v) is 18.4. The van der Waals surface area contributed by atoms with E-state index in [2.05, 4.69) is 0 Å². The molecule has 0 spiro atoms. The number of benzene rings is 3. The van der Waals surface area contributed by atoms with E-state index in [1.165, 1.54) is 7.11 Å². The van der Waals surface area contributed by atoms with Gasteiger partial charge in [-0.25, -0.2) is 8.78 Å². The van der Waals surface area contributed by atoms with Gasteiger partial charge in [-0.3, -0.25) is 14.5 Å². The van der Waals surface area contributed by atoms with Gasteiger partial charge in [0.2, 0.25) is 0 Å². The molecule has 4 rings (SSSR count). The number of carbonyl (C=O) groups excluding carboxylic acids is 2. The van der Waals surface area contributed by atoms with Crippen molar-refractivity contribution in [2.24, 2.45) is 0 Å². The third-order valence-corrected chi connectivity index (χ3v) is 5.66. The number of hydrogen-bond donors (Lipinski definition) is 1. The topological polar surface area (TPSA) is 66.8 Å². The van der Waals surface area contributed by atoms with E-state index >= 15 is 0 Å². The van der Waals surface area contributed by atoms with Gasteiger partial charge in [-0.15, -0.1) is 0 Å². The van der Waals surface area contributed by atoms with Gasteiger partial charge in [0.1, 0.15) is 23.1 Å². The van der Waals surface area contributed by atoms with Crippen molar-refractivity contribution < 1.29 is 28.2 Å². The molecule has 1 N–H and O–H groups in total. The van der Waals surface area contributed by atoms with Crippen LogP contribution in [0, 0.1) is 18.6 Å². The Morgan fingerprint density at radius 2 is 1.76 bits per heavy atom. The number of rotatable bonds is 4. The van der Waals surface area contributed by atoms with E-state index in [-0.39, 0.29) is 21.9 Å². The lowest BCUT2D eigenvalue weighted by molar-refractivity contribution is -0.132. The van der Waals surface area contributed by atoms with Gasteiger partial charge in [0.25, 0.3) is 11.7 Å². The molecule has 1 unspecified atom stereocenters. The second-order valence-electron chi connectivity index (χ2n) is 7.50. The second kappa shape index (κ2) is 8.67. The quantitative estimate of drug-likeness (QED) is 0.308. The minimum absolute atomic E-state index is 0.0983. The fourth-order valence-electron chi connectivity index (χ4n) is 3.96. The summed E-state index contributed by atoms with van der Waals surface area (Å²) in [6.07, 6.45) is 0. The molecule has 0 aromatic heterocycles. The number of aliphatic hydroxyl groups excluding tert-OH is 1. The minimum Gasteiger partial charge on any atom is -0.507 e. The van der Waals surface area contributed by atoms with Crippen LogP contribution in [0.15, 0.2) is 66.2 Å². The molecule has 5 nitrogen and oxygen atoms in total. The lowest BCUT2D eigenvalue weighted by Gasteiger charge is -2.26. The molecule has 3 aromatic carbocycles. The number of methoxy groups -OCH3 is 1. The highest BCUT2D eigenvalue weighted by Gasteiger charge is 2.48. The summed E-state index contributed by atoms with van der Waals surface area (Å²) in [5.41, 5.74) is 0.471. The van der Waals surface area contributed by atoms with Gasteiger partial charge in [-0.2, -0.15) is 0 Å². The van der Waals surface area contributed by atoms with Crippen molar-refractivity contribution >= 4 is 34.7 Å². The molecule has 8 heteroatoms. The summed E-state index contributed by atoms with van der Waals surface area (Å²) < 4.78 is 34.0. The Morgan fingerprint density at radius 3 is 2.42 bits per heavy atom. The molecule has 1 aliphatic heterocycles. The predicted molar refractivity (Wildman–Crippen MR) is 120 cm³/mol. The first kappa shape index (κ1) is 22.5. The average molecular weight is 470 g/mol. The van der Waals surface area contributed by atoms with E-state index in [1.807, 2.05) is 0 Å². The molecule has 0 bridgehead atoms. The van der Waals surface area contributed by atoms with E-state index in [1.54, 1.807) is 49.4 Å². The van der Waals surface area contributed by atoms with Gasteiger partial charge in [0, 0.05) is 6.07 Å². The normalized spacial score (nSPS) is 17.5. The number of halogens is 3. The van der Waals surface area contributed by atoms with Crippen LogP contribution in [-0.2, 0) is 9.59 Å². The second-order valence-corrected chi connectivity index (χ2v) is 7.91. The highest BCUT2D eigenvalue weighted by Crippen LogP contribution is 2.45. The number of carbonyl (C=O) groups is 2. The largest absolute Gasteiger partial charge is 0.507 e. The number of aliphatic hydroxyl groups is 1. The first-order valence-electron chi connectivity index (χ1n) is 9.90. The molecule has 1 amide bonds. The van der Waals surface area contributed by atoms with Gasteiger partial charge in [-0.1, -0.05) is 41.9 Å². The first-order valence-corrected chi connectivity index (χ1v) is 10.3. The number of ketones is 1. The number of Topliss-reactive ketones (excluding diaryl/α,β-unsaturated/α-hetero) is 1. The van der Waals surface area contributed by atoms with Gasteiger partial charge in [0.15, 0.2) is 0 Å². The van der Waals surface area contributed by atoms with Crippen molar-refractivity contribution in [1.82, 2.24) is 0 Å². The average Bonchev–Trinajstić information content (AvgIpc) is 3.05. The maximum atomic E-state index is 14.7. The smallest absolute Gasteiger partial charge is 0.300 e. The fourth-order valence-corrected chi connectivity index (χ4v) is 4.31. The Labute approximate surface area is 193 Å². The van der Waals surface area contributed by atoms with Crippen LogP contribution in [0.5, 0.6) is 5.75 Å². The van der Waals surface area contributed by atoms with Crippen LogP contribution in [0.2, 0.25) is 5.02 Å². The Hall–Kier alpha value is -3.71. The number of hydrogen-bond acceptors (Lipinski definition) is 4. The number of ether oxygens (including phenoxy) is 1. The highest BCUT2D eigenvalue weighted by molar-refractivity contribution is 6.51. The van der Waals surface area contributed by atoms with E-state index in [4.69, 9.17) is 16.3 Å².